The summed E-state index contributed by atoms with van der Waals surface area (Å²) in [6.07, 6.45) is 6.13. The van der Waals surface area contributed by atoms with Crippen LogP contribution in [0.1, 0.15) is 43.2 Å². The van der Waals surface area contributed by atoms with Gasteiger partial charge in [-0.05, 0) is 66.9 Å². The molecule has 0 saturated heterocycles. The van der Waals surface area contributed by atoms with Crippen molar-refractivity contribution in [2.24, 2.45) is 0 Å². The Balaban J connectivity index is 1.49. The van der Waals surface area contributed by atoms with Gasteiger partial charge in [-0.3, -0.25) is 13.9 Å². The molecule has 0 spiro atoms. The van der Waals surface area contributed by atoms with Crippen LogP contribution in [0.3, 0.4) is 0 Å². The third-order valence-corrected chi connectivity index (χ3v) is 10.2. The SMILES string of the molecule is CS(=O)(=O)N(CC(=O)N(Cc1c(Cl)cccc1Cl)[C@@H](Cc1ccccc1)C(=O)NC1CCCCC1)c1ccc(Oc2ccccc2)cc1. The lowest BCUT2D eigenvalue weighted by Crippen LogP contribution is -2.55. The van der Waals surface area contributed by atoms with Crippen molar-refractivity contribution in [1.82, 2.24) is 10.2 Å². The monoisotopic (exact) mass is 707 g/mol. The zero-order chi connectivity index (χ0) is 34.1. The van der Waals surface area contributed by atoms with Crippen molar-refractivity contribution in [3.63, 3.8) is 0 Å². The number of anilines is 1. The van der Waals surface area contributed by atoms with Crippen LogP contribution >= 0.6 is 23.2 Å². The number of ether oxygens (including phenoxy) is 1. The molecule has 252 valence electrons. The van der Waals surface area contributed by atoms with Gasteiger partial charge < -0.3 is 15.0 Å². The van der Waals surface area contributed by atoms with Gasteiger partial charge in [0.25, 0.3) is 0 Å². The average molecular weight is 709 g/mol. The number of carbonyl (C=O) groups excluding carboxylic acids is 2. The zero-order valence-electron chi connectivity index (χ0n) is 26.7. The number of hydrogen-bond acceptors (Lipinski definition) is 5. The van der Waals surface area contributed by atoms with Crippen LogP contribution < -0.4 is 14.4 Å². The quantitative estimate of drug-likeness (QED) is 0.154. The fraction of sp³-hybridized carbons (Fsp3) is 0.297. The molecule has 0 aliphatic heterocycles. The number of nitrogens with one attached hydrogen (secondary N) is 1. The van der Waals surface area contributed by atoms with Gasteiger partial charge in [-0.25, -0.2) is 8.42 Å². The van der Waals surface area contributed by atoms with E-state index < -0.39 is 28.5 Å². The molecule has 4 aromatic rings. The number of nitrogens with zero attached hydrogens (tertiary/aromatic N) is 2. The van der Waals surface area contributed by atoms with Gasteiger partial charge in [0, 0.05) is 34.6 Å². The molecule has 48 heavy (non-hydrogen) atoms. The molecule has 2 amide bonds. The predicted molar refractivity (Wildman–Crippen MR) is 191 cm³/mol. The Bertz CT molecular complexity index is 1760. The van der Waals surface area contributed by atoms with Gasteiger partial charge in [-0.15, -0.1) is 0 Å². The highest BCUT2D eigenvalue weighted by molar-refractivity contribution is 7.92. The van der Waals surface area contributed by atoms with Crippen LogP contribution in [-0.4, -0.2) is 50.0 Å². The Kier molecular flexibility index (Phi) is 12.0. The van der Waals surface area contributed by atoms with Crippen LogP contribution in [0.25, 0.3) is 0 Å². The lowest BCUT2D eigenvalue weighted by molar-refractivity contribution is -0.140. The molecular weight excluding hydrogens is 669 g/mol. The lowest BCUT2D eigenvalue weighted by Gasteiger charge is -2.35. The number of amides is 2. The molecular formula is C37H39Cl2N3O5S. The van der Waals surface area contributed by atoms with E-state index in [1.807, 2.05) is 60.7 Å². The first-order valence-corrected chi connectivity index (χ1v) is 18.6. The molecule has 5 rings (SSSR count). The van der Waals surface area contributed by atoms with Crippen molar-refractivity contribution < 1.29 is 22.7 Å². The van der Waals surface area contributed by atoms with Gasteiger partial charge in [-0.1, -0.05) is 97.1 Å². The number of para-hydroxylation sites is 1. The third-order valence-electron chi connectivity index (χ3n) is 8.40. The summed E-state index contributed by atoms with van der Waals surface area (Å²) in [6.45, 7) is -0.657. The number of sulfonamides is 1. The summed E-state index contributed by atoms with van der Waals surface area (Å²) in [5.74, 6) is 0.239. The van der Waals surface area contributed by atoms with Gasteiger partial charge >= 0.3 is 0 Å². The fourth-order valence-electron chi connectivity index (χ4n) is 5.87. The van der Waals surface area contributed by atoms with E-state index in [1.54, 1.807) is 42.5 Å². The van der Waals surface area contributed by atoms with Gasteiger partial charge in [-0.2, -0.15) is 0 Å². The molecule has 1 fully saturated rings. The largest absolute Gasteiger partial charge is 0.457 e. The van der Waals surface area contributed by atoms with E-state index in [9.17, 15) is 18.0 Å². The Labute approximate surface area is 292 Å². The van der Waals surface area contributed by atoms with E-state index in [0.29, 0.717) is 27.1 Å². The van der Waals surface area contributed by atoms with Gasteiger partial charge in [0.1, 0.15) is 24.1 Å². The topological polar surface area (TPSA) is 96.0 Å². The summed E-state index contributed by atoms with van der Waals surface area (Å²) in [4.78, 5) is 30.0. The Morgan fingerprint density at radius 1 is 0.812 bits per heavy atom. The van der Waals surface area contributed by atoms with Gasteiger partial charge in [0.2, 0.25) is 21.8 Å². The molecule has 1 N–H and O–H groups in total. The lowest BCUT2D eigenvalue weighted by atomic mass is 9.94. The van der Waals surface area contributed by atoms with Crippen molar-refractivity contribution >= 4 is 50.7 Å². The number of hydrogen-bond donors (Lipinski definition) is 1. The Morgan fingerprint density at radius 3 is 2.00 bits per heavy atom. The second-order valence-corrected chi connectivity index (χ2v) is 14.7. The van der Waals surface area contributed by atoms with E-state index >= 15 is 0 Å². The van der Waals surface area contributed by atoms with E-state index in [4.69, 9.17) is 27.9 Å². The van der Waals surface area contributed by atoms with Crippen LogP contribution in [0.4, 0.5) is 5.69 Å². The van der Waals surface area contributed by atoms with Crippen LogP contribution in [0, 0.1) is 0 Å². The second-order valence-electron chi connectivity index (χ2n) is 11.9. The number of rotatable bonds is 13. The van der Waals surface area contributed by atoms with E-state index in [2.05, 4.69) is 5.32 Å². The first-order chi connectivity index (χ1) is 23.1. The maximum absolute atomic E-state index is 14.5. The van der Waals surface area contributed by atoms with Crippen LogP contribution in [0.5, 0.6) is 11.5 Å². The van der Waals surface area contributed by atoms with Crippen LogP contribution in [0.2, 0.25) is 10.0 Å². The first-order valence-electron chi connectivity index (χ1n) is 16.0. The van der Waals surface area contributed by atoms with Crippen LogP contribution in [-0.2, 0) is 32.6 Å². The molecule has 0 radical (unpaired) electrons. The Hall–Kier alpha value is -4.05. The predicted octanol–water partition coefficient (Wildman–Crippen LogP) is 7.64. The van der Waals surface area contributed by atoms with E-state index in [-0.39, 0.29) is 30.6 Å². The van der Waals surface area contributed by atoms with Crippen molar-refractivity contribution in [2.45, 2.75) is 57.2 Å². The molecule has 1 saturated carbocycles. The zero-order valence-corrected chi connectivity index (χ0v) is 29.1. The highest BCUT2D eigenvalue weighted by Crippen LogP contribution is 2.29. The summed E-state index contributed by atoms with van der Waals surface area (Å²) in [7, 11) is -3.94. The number of benzene rings is 4. The molecule has 1 aliphatic rings. The molecule has 0 heterocycles. The molecule has 11 heteroatoms. The highest BCUT2D eigenvalue weighted by atomic mass is 35.5. The summed E-state index contributed by atoms with van der Waals surface area (Å²) in [5.41, 5.74) is 1.58. The molecule has 0 unspecified atom stereocenters. The maximum atomic E-state index is 14.5. The fourth-order valence-corrected chi connectivity index (χ4v) is 7.24. The molecule has 4 aromatic carbocycles. The normalized spacial score (nSPS) is 14.1. The summed E-state index contributed by atoms with van der Waals surface area (Å²) >= 11 is 13.2. The Morgan fingerprint density at radius 2 is 1.40 bits per heavy atom. The number of halogens is 2. The number of carbonyl (C=O) groups is 2. The molecule has 1 atom stereocenters. The van der Waals surface area contributed by atoms with Gasteiger partial charge in [0.15, 0.2) is 0 Å². The molecule has 8 nitrogen and oxygen atoms in total. The van der Waals surface area contributed by atoms with E-state index in [0.717, 1.165) is 48.2 Å². The molecule has 0 aromatic heterocycles. The van der Waals surface area contributed by atoms with Crippen molar-refractivity contribution in [3.05, 3.63) is 124 Å². The van der Waals surface area contributed by atoms with Crippen molar-refractivity contribution in [2.75, 3.05) is 17.1 Å². The smallest absolute Gasteiger partial charge is 0.244 e. The van der Waals surface area contributed by atoms with Gasteiger partial charge in [0.05, 0.1) is 11.9 Å². The highest BCUT2D eigenvalue weighted by Gasteiger charge is 2.34. The maximum Gasteiger partial charge on any atom is 0.244 e. The first kappa shape index (κ1) is 35.3. The minimum absolute atomic E-state index is 0.00508. The summed E-state index contributed by atoms with van der Waals surface area (Å²) < 4.78 is 33.3. The minimum Gasteiger partial charge on any atom is -0.457 e. The van der Waals surface area contributed by atoms with Crippen molar-refractivity contribution in [3.8, 4) is 11.5 Å². The summed E-state index contributed by atoms with van der Waals surface area (Å²) in [6, 6.07) is 29.1. The summed E-state index contributed by atoms with van der Waals surface area (Å²) in [5, 5.41) is 3.85. The third kappa shape index (κ3) is 9.52. The van der Waals surface area contributed by atoms with Crippen molar-refractivity contribution in [1.29, 1.82) is 0 Å². The van der Waals surface area contributed by atoms with E-state index in [1.165, 1.54) is 4.90 Å². The molecule has 1 aliphatic carbocycles. The molecule has 0 bridgehead atoms. The second kappa shape index (κ2) is 16.4. The van der Waals surface area contributed by atoms with Crippen LogP contribution in [0.15, 0.2) is 103 Å². The standard InChI is InChI=1S/C37H39Cl2N3O5S/c1-48(45,46)42(29-20-22-31(23-21-29)47-30-16-9-4-10-17-30)26-36(43)41(25-32-33(38)18-11-19-34(32)39)35(24-27-12-5-2-6-13-27)37(44)40-28-14-7-3-8-15-28/h2,4-6,9-13,16-23,28,35H,3,7-8,14-15,24-26H2,1H3,(H,40,44)/t35-/m0/s1. The average Bonchev–Trinajstić information content (AvgIpc) is 3.07. The minimum atomic E-state index is -3.94.